The van der Waals surface area contributed by atoms with Gasteiger partial charge in [0.05, 0.1) is 4.90 Å². The molecule has 1 aromatic rings. The van der Waals surface area contributed by atoms with Gasteiger partial charge in [0.25, 0.3) is 5.91 Å². The zero-order valence-electron chi connectivity index (χ0n) is 16.8. The summed E-state index contributed by atoms with van der Waals surface area (Å²) in [7, 11) is -3.63. The summed E-state index contributed by atoms with van der Waals surface area (Å²) in [6.45, 7) is 7.74. The monoisotopic (exact) mass is 407 g/mol. The number of piperazine rings is 1. The number of nitrogens with zero attached hydrogens (tertiary/aromatic N) is 3. The molecule has 0 spiro atoms. The summed E-state index contributed by atoms with van der Waals surface area (Å²) >= 11 is 0. The molecule has 2 fully saturated rings. The molecule has 1 saturated heterocycles. The van der Waals surface area contributed by atoms with Crippen molar-refractivity contribution in [2.24, 2.45) is 5.92 Å². The van der Waals surface area contributed by atoms with Gasteiger partial charge in [0, 0.05) is 51.3 Å². The Balaban J connectivity index is 1.71. The lowest BCUT2D eigenvalue weighted by atomic mass is 10.1. The normalized spacial score (nSPS) is 18.4. The largest absolute Gasteiger partial charge is 0.340 e. The lowest BCUT2D eigenvalue weighted by Gasteiger charge is -2.33. The molecule has 2 aliphatic rings. The second kappa shape index (κ2) is 8.21. The number of rotatable bonds is 6. The molecule has 8 heteroatoms. The van der Waals surface area contributed by atoms with Crippen molar-refractivity contribution in [3.8, 4) is 0 Å². The number of benzene rings is 1. The lowest BCUT2D eigenvalue weighted by Crippen LogP contribution is -2.49. The molecule has 1 heterocycles. The van der Waals surface area contributed by atoms with Gasteiger partial charge in [0.2, 0.25) is 15.9 Å². The molecule has 28 heavy (non-hydrogen) atoms. The van der Waals surface area contributed by atoms with Crippen LogP contribution in [0.2, 0.25) is 0 Å². The fourth-order valence-corrected chi connectivity index (χ4v) is 4.93. The van der Waals surface area contributed by atoms with Gasteiger partial charge in [-0.1, -0.05) is 13.8 Å². The number of sulfonamides is 1. The van der Waals surface area contributed by atoms with Crippen LogP contribution in [0.5, 0.6) is 0 Å². The van der Waals surface area contributed by atoms with Crippen molar-refractivity contribution < 1.29 is 18.0 Å². The smallest absolute Gasteiger partial charge is 0.254 e. The van der Waals surface area contributed by atoms with Gasteiger partial charge in [-0.2, -0.15) is 4.31 Å². The molecular formula is C20H29N3O4S. The Morgan fingerprint density at radius 1 is 1.07 bits per heavy atom. The molecule has 0 N–H and O–H groups in total. The van der Waals surface area contributed by atoms with Crippen molar-refractivity contribution in [1.29, 1.82) is 0 Å². The maximum atomic E-state index is 12.9. The zero-order chi connectivity index (χ0) is 20.5. The van der Waals surface area contributed by atoms with Gasteiger partial charge in [0.15, 0.2) is 0 Å². The predicted octanol–water partition coefficient (Wildman–Crippen LogP) is 1.80. The van der Waals surface area contributed by atoms with E-state index < -0.39 is 10.0 Å². The average molecular weight is 408 g/mol. The van der Waals surface area contributed by atoms with Crippen LogP contribution in [0.1, 0.15) is 44.0 Å². The number of hydrogen-bond acceptors (Lipinski definition) is 4. The van der Waals surface area contributed by atoms with Gasteiger partial charge in [-0.25, -0.2) is 8.42 Å². The molecule has 0 radical (unpaired) electrons. The molecule has 0 atom stereocenters. The highest BCUT2D eigenvalue weighted by molar-refractivity contribution is 7.89. The third kappa shape index (κ3) is 4.55. The van der Waals surface area contributed by atoms with Crippen molar-refractivity contribution in [2.75, 3.05) is 32.7 Å². The molecule has 1 aliphatic heterocycles. The standard InChI is InChI=1S/C20H29N3O4S/c1-15(2)14-23(18-6-7-18)20(25)17-4-8-19(9-5-17)28(26,27)22-12-10-21(11-13-22)16(3)24/h4-5,8-9,15,18H,6-7,10-14H2,1-3H3. The van der Waals surface area contributed by atoms with Crippen molar-refractivity contribution >= 4 is 21.8 Å². The first-order valence-electron chi connectivity index (χ1n) is 9.87. The van der Waals surface area contributed by atoms with E-state index >= 15 is 0 Å². The van der Waals surface area contributed by atoms with E-state index in [-0.39, 0.29) is 29.8 Å². The second-order valence-electron chi connectivity index (χ2n) is 8.02. The van der Waals surface area contributed by atoms with E-state index in [1.165, 1.54) is 23.4 Å². The number of carbonyl (C=O) groups excluding carboxylic acids is 2. The van der Waals surface area contributed by atoms with Crippen LogP contribution in [0.3, 0.4) is 0 Å². The van der Waals surface area contributed by atoms with Crippen LogP contribution in [0.25, 0.3) is 0 Å². The Hall–Kier alpha value is -1.93. The Labute approximate surface area is 167 Å². The highest BCUT2D eigenvalue weighted by atomic mass is 32.2. The number of carbonyl (C=O) groups is 2. The van der Waals surface area contributed by atoms with E-state index in [1.54, 1.807) is 17.0 Å². The maximum Gasteiger partial charge on any atom is 0.254 e. The molecule has 0 bridgehead atoms. The first-order chi connectivity index (χ1) is 13.2. The number of amides is 2. The Morgan fingerprint density at radius 2 is 1.64 bits per heavy atom. The molecule has 154 valence electrons. The third-order valence-electron chi connectivity index (χ3n) is 5.23. The van der Waals surface area contributed by atoms with Crippen LogP contribution >= 0.6 is 0 Å². The van der Waals surface area contributed by atoms with Crippen molar-refractivity contribution in [2.45, 2.75) is 44.6 Å². The molecule has 1 aliphatic carbocycles. The molecule has 3 rings (SSSR count). The SMILES string of the molecule is CC(=O)N1CCN(S(=O)(=O)c2ccc(C(=O)N(CC(C)C)C3CC3)cc2)CC1. The molecule has 1 saturated carbocycles. The summed E-state index contributed by atoms with van der Waals surface area (Å²) in [6, 6.07) is 6.56. The predicted molar refractivity (Wildman–Crippen MR) is 106 cm³/mol. The Kier molecular flexibility index (Phi) is 6.09. The third-order valence-corrected chi connectivity index (χ3v) is 7.15. The van der Waals surface area contributed by atoms with Gasteiger partial charge < -0.3 is 9.80 Å². The maximum absolute atomic E-state index is 12.9. The lowest BCUT2D eigenvalue weighted by molar-refractivity contribution is -0.129. The van der Waals surface area contributed by atoms with Crippen LogP contribution in [-0.4, -0.2) is 73.1 Å². The number of hydrogen-bond donors (Lipinski definition) is 0. The molecule has 0 aromatic heterocycles. The fourth-order valence-electron chi connectivity index (χ4n) is 3.51. The summed E-state index contributed by atoms with van der Waals surface area (Å²) in [5, 5.41) is 0. The molecule has 7 nitrogen and oxygen atoms in total. The van der Waals surface area contributed by atoms with Crippen molar-refractivity contribution in [1.82, 2.24) is 14.1 Å². The minimum absolute atomic E-state index is 0.0322. The van der Waals surface area contributed by atoms with Crippen LogP contribution in [-0.2, 0) is 14.8 Å². The van der Waals surface area contributed by atoms with Crippen LogP contribution in [0, 0.1) is 5.92 Å². The van der Waals surface area contributed by atoms with E-state index in [4.69, 9.17) is 0 Å². The highest BCUT2D eigenvalue weighted by Gasteiger charge is 2.34. The van der Waals surface area contributed by atoms with E-state index in [0.717, 1.165) is 12.8 Å². The molecule has 1 aromatic carbocycles. The Bertz CT molecular complexity index is 824. The average Bonchev–Trinajstić information content (AvgIpc) is 3.50. The molecule has 2 amide bonds. The quantitative estimate of drug-likeness (QED) is 0.720. The first kappa shape index (κ1) is 20.8. The van der Waals surface area contributed by atoms with Gasteiger partial charge in [-0.15, -0.1) is 0 Å². The summed E-state index contributed by atoms with van der Waals surface area (Å²) in [5.74, 6) is 0.314. The van der Waals surface area contributed by atoms with Crippen LogP contribution < -0.4 is 0 Å². The summed E-state index contributed by atoms with van der Waals surface area (Å²) < 4.78 is 27.1. The van der Waals surface area contributed by atoms with E-state index in [1.807, 2.05) is 4.90 Å². The van der Waals surface area contributed by atoms with E-state index in [0.29, 0.717) is 37.2 Å². The van der Waals surface area contributed by atoms with Crippen molar-refractivity contribution in [3.63, 3.8) is 0 Å². The highest BCUT2D eigenvalue weighted by Crippen LogP contribution is 2.29. The van der Waals surface area contributed by atoms with Crippen molar-refractivity contribution in [3.05, 3.63) is 29.8 Å². The molecule has 0 unspecified atom stereocenters. The van der Waals surface area contributed by atoms with Crippen LogP contribution in [0.4, 0.5) is 0 Å². The van der Waals surface area contributed by atoms with Gasteiger partial charge in [-0.05, 0) is 43.0 Å². The minimum Gasteiger partial charge on any atom is -0.340 e. The minimum atomic E-state index is -3.63. The van der Waals surface area contributed by atoms with Gasteiger partial charge >= 0.3 is 0 Å². The topological polar surface area (TPSA) is 78.0 Å². The zero-order valence-corrected chi connectivity index (χ0v) is 17.6. The van der Waals surface area contributed by atoms with Crippen LogP contribution in [0.15, 0.2) is 29.2 Å². The Morgan fingerprint density at radius 3 is 2.11 bits per heavy atom. The summed E-state index contributed by atoms with van der Waals surface area (Å²) in [5.41, 5.74) is 0.521. The summed E-state index contributed by atoms with van der Waals surface area (Å²) in [4.78, 5) is 28.0. The van der Waals surface area contributed by atoms with Gasteiger partial charge in [0.1, 0.15) is 0 Å². The van der Waals surface area contributed by atoms with E-state index in [2.05, 4.69) is 13.8 Å². The van der Waals surface area contributed by atoms with E-state index in [9.17, 15) is 18.0 Å². The second-order valence-corrected chi connectivity index (χ2v) is 9.95. The van der Waals surface area contributed by atoms with Gasteiger partial charge in [-0.3, -0.25) is 9.59 Å². The fraction of sp³-hybridized carbons (Fsp3) is 0.600. The summed E-state index contributed by atoms with van der Waals surface area (Å²) in [6.07, 6.45) is 2.08. The molecular weight excluding hydrogens is 378 g/mol. The first-order valence-corrected chi connectivity index (χ1v) is 11.3.